The number of methoxy groups -OCH3 is 1. The van der Waals surface area contributed by atoms with E-state index in [0.717, 1.165) is 12.8 Å². The lowest BCUT2D eigenvalue weighted by Crippen LogP contribution is -3.15. The van der Waals surface area contributed by atoms with Crippen LogP contribution < -0.4 is 9.64 Å². The summed E-state index contributed by atoms with van der Waals surface area (Å²) in [5.41, 5.74) is 0.420. The van der Waals surface area contributed by atoms with Gasteiger partial charge in [0.15, 0.2) is 11.5 Å². The number of ether oxygens (including phenoxy) is 2. The third-order valence-electron chi connectivity index (χ3n) is 4.94. The highest BCUT2D eigenvalue weighted by Crippen LogP contribution is 2.28. The van der Waals surface area contributed by atoms with Crippen molar-refractivity contribution in [1.29, 1.82) is 0 Å². The van der Waals surface area contributed by atoms with E-state index in [-0.39, 0.29) is 23.6 Å². The van der Waals surface area contributed by atoms with Gasteiger partial charge < -0.3 is 19.5 Å². The minimum atomic E-state index is -0.336. The number of fused-ring (bicyclic) bond motifs is 2. The molecule has 0 aliphatic carbocycles. The number of carbonyl (C=O) groups is 1. The summed E-state index contributed by atoms with van der Waals surface area (Å²) in [5, 5.41) is 9.57. The molecule has 0 radical (unpaired) electrons. The predicted molar refractivity (Wildman–Crippen MR) is 76.8 cm³/mol. The van der Waals surface area contributed by atoms with Crippen LogP contribution in [-0.2, 0) is 4.74 Å². The maximum atomic E-state index is 12.2. The summed E-state index contributed by atoms with van der Waals surface area (Å²) in [6, 6.07) is 5.78. The van der Waals surface area contributed by atoms with Gasteiger partial charge in [-0.05, 0) is 18.2 Å². The molecule has 0 amide bonds. The van der Waals surface area contributed by atoms with Crippen LogP contribution in [0.5, 0.6) is 11.5 Å². The van der Waals surface area contributed by atoms with Gasteiger partial charge >= 0.3 is 5.97 Å². The molecule has 2 fully saturated rings. The molecule has 2 unspecified atom stereocenters. The van der Waals surface area contributed by atoms with Crippen molar-refractivity contribution in [3.05, 3.63) is 23.8 Å². The lowest BCUT2D eigenvalue weighted by Gasteiger charge is -2.33. The number of benzene rings is 1. The fourth-order valence-electron chi connectivity index (χ4n) is 3.65. The number of esters is 1. The van der Waals surface area contributed by atoms with Crippen LogP contribution in [-0.4, -0.2) is 43.4 Å². The molecule has 3 rings (SSSR count). The Kier molecular flexibility index (Phi) is 3.76. The van der Waals surface area contributed by atoms with Gasteiger partial charge in [0.05, 0.1) is 31.8 Å². The number of hydrogen-bond acceptors (Lipinski definition) is 4. The fourth-order valence-corrected chi connectivity index (χ4v) is 3.65. The summed E-state index contributed by atoms with van der Waals surface area (Å²) in [4.78, 5) is 13.8. The average molecular weight is 292 g/mol. The highest BCUT2D eigenvalue weighted by molar-refractivity contribution is 5.90. The van der Waals surface area contributed by atoms with Crippen LogP contribution >= 0.6 is 0 Å². The molecule has 2 saturated heterocycles. The molecule has 0 saturated carbocycles. The van der Waals surface area contributed by atoms with E-state index in [1.807, 2.05) is 0 Å². The van der Waals surface area contributed by atoms with Crippen molar-refractivity contribution < 1.29 is 24.3 Å². The Labute approximate surface area is 124 Å². The Bertz CT molecular complexity index is 531. The highest BCUT2D eigenvalue weighted by Gasteiger charge is 2.43. The molecule has 2 aliphatic heterocycles. The second-order valence-electron chi connectivity index (χ2n) is 6.10. The van der Waals surface area contributed by atoms with Gasteiger partial charge in [-0.25, -0.2) is 4.79 Å². The van der Waals surface area contributed by atoms with Crippen molar-refractivity contribution in [2.24, 2.45) is 0 Å². The Hall–Kier alpha value is -1.75. The van der Waals surface area contributed by atoms with Crippen molar-refractivity contribution in [1.82, 2.24) is 0 Å². The number of quaternary nitrogens is 1. The van der Waals surface area contributed by atoms with E-state index in [4.69, 9.17) is 9.47 Å². The van der Waals surface area contributed by atoms with Crippen LogP contribution in [0.1, 0.15) is 36.0 Å². The van der Waals surface area contributed by atoms with E-state index in [9.17, 15) is 9.90 Å². The Morgan fingerprint density at radius 2 is 1.95 bits per heavy atom. The van der Waals surface area contributed by atoms with Gasteiger partial charge in [-0.15, -0.1) is 0 Å². The number of hydrogen-bond donors (Lipinski definition) is 2. The Morgan fingerprint density at radius 1 is 1.29 bits per heavy atom. The van der Waals surface area contributed by atoms with Crippen molar-refractivity contribution in [3.63, 3.8) is 0 Å². The largest absolute Gasteiger partial charge is 0.504 e. The predicted octanol–water partition coefficient (Wildman–Crippen LogP) is 0.766. The lowest BCUT2D eigenvalue weighted by molar-refractivity contribution is -0.923. The van der Waals surface area contributed by atoms with Crippen LogP contribution in [0.4, 0.5) is 0 Å². The molecule has 0 spiro atoms. The van der Waals surface area contributed by atoms with Gasteiger partial charge in [-0.2, -0.15) is 0 Å². The Morgan fingerprint density at radius 3 is 2.57 bits per heavy atom. The molecule has 2 aliphatic rings. The standard InChI is InChI=1S/C16H21NO4/c1-17-11-4-5-12(17)9-13(8-11)21-16(19)10-3-6-14(18)15(7-10)20-2/h3,6-7,11-13,18H,4-5,8-9H2,1-2H3/p+1/t11-,12+,13?. The van der Waals surface area contributed by atoms with Crippen LogP contribution in [0.15, 0.2) is 18.2 Å². The molecular weight excluding hydrogens is 270 g/mol. The summed E-state index contributed by atoms with van der Waals surface area (Å²) < 4.78 is 10.7. The summed E-state index contributed by atoms with van der Waals surface area (Å²) in [6.45, 7) is 0. The van der Waals surface area contributed by atoms with E-state index in [0.29, 0.717) is 17.6 Å². The summed E-state index contributed by atoms with van der Waals surface area (Å²) in [5.74, 6) is -0.0235. The van der Waals surface area contributed by atoms with Crippen molar-refractivity contribution in [3.8, 4) is 11.5 Å². The van der Waals surface area contributed by atoms with E-state index >= 15 is 0 Å². The number of aromatic hydroxyl groups is 1. The summed E-state index contributed by atoms with van der Waals surface area (Å²) in [6.07, 6.45) is 4.38. The SMILES string of the molecule is COc1cc(C(=O)OC2C[C@H]3CC[C@@H](C2)[NH+]3C)ccc1O. The van der Waals surface area contributed by atoms with Crippen molar-refractivity contribution >= 4 is 5.97 Å². The van der Waals surface area contributed by atoms with Gasteiger partial charge in [0.2, 0.25) is 0 Å². The minimum Gasteiger partial charge on any atom is -0.504 e. The summed E-state index contributed by atoms with van der Waals surface area (Å²) in [7, 11) is 3.70. The van der Waals surface area contributed by atoms with E-state index in [1.165, 1.54) is 32.1 Å². The monoisotopic (exact) mass is 292 g/mol. The molecule has 0 aromatic heterocycles. The van der Waals surface area contributed by atoms with Gasteiger partial charge in [0, 0.05) is 25.7 Å². The number of nitrogens with one attached hydrogen (secondary N) is 1. The second-order valence-corrected chi connectivity index (χ2v) is 6.10. The molecule has 21 heavy (non-hydrogen) atoms. The zero-order chi connectivity index (χ0) is 15.0. The van der Waals surface area contributed by atoms with Crippen molar-refractivity contribution in [2.75, 3.05) is 14.2 Å². The quantitative estimate of drug-likeness (QED) is 0.808. The zero-order valence-corrected chi connectivity index (χ0v) is 12.5. The second kappa shape index (κ2) is 5.56. The number of carbonyl (C=O) groups excluding carboxylic acids is 1. The molecule has 2 bridgehead atoms. The molecule has 2 N–H and O–H groups in total. The normalized spacial score (nSPS) is 31.0. The fraction of sp³-hybridized carbons (Fsp3) is 0.562. The molecule has 114 valence electrons. The van der Waals surface area contributed by atoms with E-state index < -0.39 is 0 Å². The number of phenols is 1. The molecule has 1 aromatic carbocycles. The molecule has 5 nitrogen and oxygen atoms in total. The molecule has 4 atom stereocenters. The molecule has 2 heterocycles. The number of piperidine rings is 1. The minimum absolute atomic E-state index is 0.0125. The maximum Gasteiger partial charge on any atom is 0.338 e. The smallest absolute Gasteiger partial charge is 0.338 e. The lowest BCUT2D eigenvalue weighted by atomic mass is 10.0. The third kappa shape index (κ3) is 2.70. The van der Waals surface area contributed by atoms with Crippen LogP contribution in [0.3, 0.4) is 0 Å². The number of rotatable bonds is 3. The van der Waals surface area contributed by atoms with E-state index in [1.54, 1.807) is 11.0 Å². The average Bonchev–Trinajstić information content (AvgIpc) is 2.70. The van der Waals surface area contributed by atoms with Gasteiger partial charge in [-0.3, -0.25) is 0 Å². The first kappa shape index (κ1) is 14.2. The first-order valence-corrected chi connectivity index (χ1v) is 7.49. The molecule has 1 aromatic rings. The topological polar surface area (TPSA) is 60.2 Å². The van der Waals surface area contributed by atoms with Gasteiger partial charge in [0.25, 0.3) is 0 Å². The highest BCUT2D eigenvalue weighted by atomic mass is 16.5. The van der Waals surface area contributed by atoms with Crippen LogP contribution in [0.25, 0.3) is 0 Å². The molecular formula is C16H22NO4+. The van der Waals surface area contributed by atoms with E-state index in [2.05, 4.69) is 7.05 Å². The summed E-state index contributed by atoms with van der Waals surface area (Å²) >= 11 is 0. The first-order chi connectivity index (χ1) is 10.1. The molecule has 5 heteroatoms. The van der Waals surface area contributed by atoms with Crippen LogP contribution in [0.2, 0.25) is 0 Å². The number of phenolic OH excluding ortho intramolecular Hbond substituents is 1. The maximum absolute atomic E-state index is 12.2. The first-order valence-electron chi connectivity index (χ1n) is 7.49. The van der Waals surface area contributed by atoms with Gasteiger partial charge in [-0.1, -0.05) is 0 Å². The van der Waals surface area contributed by atoms with Crippen LogP contribution in [0, 0.1) is 0 Å². The Balaban J connectivity index is 1.67. The van der Waals surface area contributed by atoms with Crippen molar-refractivity contribution in [2.45, 2.75) is 43.9 Å². The third-order valence-corrected chi connectivity index (χ3v) is 4.94. The zero-order valence-electron chi connectivity index (χ0n) is 12.5. The van der Waals surface area contributed by atoms with Gasteiger partial charge in [0.1, 0.15) is 6.10 Å².